The summed E-state index contributed by atoms with van der Waals surface area (Å²) in [5.41, 5.74) is 5.70. The summed E-state index contributed by atoms with van der Waals surface area (Å²) in [4.78, 5) is 25.4. The molecule has 0 radical (unpaired) electrons. The molecule has 4 aromatic rings. The lowest BCUT2D eigenvalue weighted by molar-refractivity contribution is 0.0526. The monoisotopic (exact) mass is 397 g/mol. The predicted octanol–water partition coefficient (Wildman–Crippen LogP) is 5.66. The molecule has 0 atom stereocenters. The van der Waals surface area contributed by atoms with Crippen LogP contribution in [-0.2, 0) is 4.74 Å². The maximum Gasteiger partial charge on any atom is 0.338 e. The average Bonchev–Trinajstić information content (AvgIpc) is 3.06. The van der Waals surface area contributed by atoms with Crippen LogP contribution in [0.25, 0.3) is 16.6 Å². The van der Waals surface area contributed by atoms with Crippen LogP contribution >= 0.6 is 0 Å². The first-order valence-electron chi connectivity index (χ1n) is 10.00. The fourth-order valence-corrected chi connectivity index (χ4v) is 3.80. The number of nitrogens with zero attached hydrogens (tertiary/aromatic N) is 1. The van der Waals surface area contributed by atoms with Gasteiger partial charge in [0.2, 0.25) is 0 Å². The minimum Gasteiger partial charge on any atom is -0.462 e. The van der Waals surface area contributed by atoms with Crippen LogP contribution < -0.4 is 0 Å². The van der Waals surface area contributed by atoms with Crippen LogP contribution in [0.3, 0.4) is 0 Å². The molecule has 0 aliphatic heterocycles. The summed E-state index contributed by atoms with van der Waals surface area (Å²) in [5, 5.41) is 0.912. The number of rotatable bonds is 5. The molecule has 0 aliphatic carbocycles. The molecular formula is C26H23NO3. The van der Waals surface area contributed by atoms with E-state index in [1.54, 1.807) is 19.1 Å². The molecule has 0 amide bonds. The van der Waals surface area contributed by atoms with Gasteiger partial charge in [0.05, 0.1) is 23.3 Å². The second-order valence-electron chi connectivity index (χ2n) is 7.28. The number of hydrogen-bond acceptors (Lipinski definition) is 3. The predicted molar refractivity (Wildman–Crippen MR) is 119 cm³/mol. The van der Waals surface area contributed by atoms with Crippen molar-refractivity contribution in [3.63, 3.8) is 0 Å². The minimum atomic E-state index is -0.339. The van der Waals surface area contributed by atoms with Gasteiger partial charge in [-0.15, -0.1) is 0 Å². The number of esters is 1. The number of carbonyl (C=O) groups is 2. The van der Waals surface area contributed by atoms with Crippen LogP contribution in [0.1, 0.15) is 44.5 Å². The Labute approximate surface area is 175 Å². The molecule has 0 aliphatic rings. The number of hydrogen-bond donors (Lipinski definition) is 0. The maximum absolute atomic E-state index is 13.4. The van der Waals surface area contributed by atoms with E-state index in [0.717, 1.165) is 27.8 Å². The van der Waals surface area contributed by atoms with Gasteiger partial charge in [0.25, 0.3) is 0 Å². The number of para-hydroxylation sites is 1. The Morgan fingerprint density at radius 3 is 2.13 bits per heavy atom. The van der Waals surface area contributed by atoms with E-state index in [1.807, 2.05) is 74.5 Å². The molecule has 0 saturated carbocycles. The van der Waals surface area contributed by atoms with Gasteiger partial charge in [-0.1, -0.05) is 48.0 Å². The first-order chi connectivity index (χ1) is 14.5. The van der Waals surface area contributed by atoms with Crippen molar-refractivity contribution in [2.75, 3.05) is 6.61 Å². The Bertz CT molecular complexity index is 1230. The van der Waals surface area contributed by atoms with Crippen LogP contribution in [0, 0.1) is 13.8 Å². The molecule has 0 saturated heterocycles. The van der Waals surface area contributed by atoms with E-state index < -0.39 is 0 Å². The van der Waals surface area contributed by atoms with Gasteiger partial charge in [0.1, 0.15) is 0 Å². The van der Waals surface area contributed by atoms with Crippen LogP contribution in [0.2, 0.25) is 0 Å². The van der Waals surface area contributed by atoms with Crippen molar-refractivity contribution in [3.05, 3.63) is 101 Å². The molecule has 30 heavy (non-hydrogen) atoms. The molecule has 1 aromatic heterocycles. The van der Waals surface area contributed by atoms with Crippen molar-refractivity contribution < 1.29 is 14.3 Å². The summed E-state index contributed by atoms with van der Waals surface area (Å²) in [6.07, 6.45) is 0. The Balaban J connectivity index is 1.84. The molecule has 4 nitrogen and oxygen atoms in total. The number of ether oxygens (including phenoxy) is 1. The maximum atomic E-state index is 13.4. The quantitative estimate of drug-likeness (QED) is 0.323. The topological polar surface area (TPSA) is 48.3 Å². The normalized spacial score (nSPS) is 10.9. The van der Waals surface area contributed by atoms with Gasteiger partial charge >= 0.3 is 5.97 Å². The minimum absolute atomic E-state index is 0.00518. The molecule has 0 fully saturated rings. The van der Waals surface area contributed by atoms with Crippen molar-refractivity contribution in [1.29, 1.82) is 0 Å². The standard InChI is InChI=1S/C26H23NO3/c1-4-30-26(29)20-13-15-21(16-14-20)27-18(3)24(22-7-5-6-8-23(22)27)25(28)19-11-9-17(2)10-12-19/h5-16H,4H2,1-3H3. The zero-order chi connectivity index (χ0) is 21.3. The van der Waals surface area contributed by atoms with E-state index in [1.165, 1.54) is 0 Å². The molecule has 0 unspecified atom stereocenters. The molecule has 4 heteroatoms. The largest absolute Gasteiger partial charge is 0.462 e. The zero-order valence-corrected chi connectivity index (χ0v) is 17.3. The third-order valence-corrected chi connectivity index (χ3v) is 5.29. The van der Waals surface area contributed by atoms with Crippen LogP contribution in [0.15, 0.2) is 72.8 Å². The lowest BCUT2D eigenvalue weighted by Gasteiger charge is -2.10. The van der Waals surface area contributed by atoms with Crippen LogP contribution in [0.5, 0.6) is 0 Å². The number of fused-ring (bicyclic) bond motifs is 1. The van der Waals surface area contributed by atoms with Gasteiger partial charge in [0, 0.05) is 22.3 Å². The van der Waals surface area contributed by atoms with E-state index in [-0.39, 0.29) is 11.8 Å². The molecule has 0 spiro atoms. The van der Waals surface area contributed by atoms with Gasteiger partial charge in [-0.3, -0.25) is 4.79 Å². The number of carbonyl (C=O) groups excluding carboxylic acids is 2. The summed E-state index contributed by atoms with van der Waals surface area (Å²) in [6.45, 7) is 6.09. The second kappa shape index (κ2) is 7.99. The fraction of sp³-hybridized carbons (Fsp3) is 0.154. The van der Waals surface area contributed by atoms with Crippen molar-refractivity contribution in [1.82, 2.24) is 4.57 Å². The second-order valence-corrected chi connectivity index (χ2v) is 7.28. The third-order valence-electron chi connectivity index (χ3n) is 5.29. The number of aryl methyl sites for hydroxylation is 1. The Morgan fingerprint density at radius 1 is 0.833 bits per heavy atom. The summed E-state index contributed by atoms with van der Waals surface area (Å²) in [7, 11) is 0. The highest BCUT2D eigenvalue weighted by atomic mass is 16.5. The van der Waals surface area contributed by atoms with E-state index >= 15 is 0 Å². The smallest absolute Gasteiger partial charge is 0.338 e. The highest BCUT2D eigenvalue weighted by Gasteiger charge is 2.21. The van der Waals surface area contributed by atoms with Crippen LogP contribution in [-0.4, -0.2) is 22.9 Å². The van der Waals surface area contributed by atoms with Crippen molar-refractivity contribution in [3.8, 4) is 5.69 Å². The van der Waals surface area contributed by atoms with E-state index in [0.29, 0.717) is 23.3 Å². The van der Waals surface area contributed by atoms with Gasteiger partial charge in [-0.25, -0.2) is 4.79 Å². The van der Waals surface area contributed by atoms with E-state index in [9.17, 15) is 9.59 Å². The van der Waals surface area contributed by atoms with Crippen molar-refractivity contribution in [2.45, 2.75) is 20.8 Å². The number of aromatic nitrogens is 1. The van der Waals surface area contributed by atoms with Gasteiger partial charge < -0.3 is 9.30 Å². The van der Waals surface area contributed by atoms with Crippen molar-refractivity contribution in [2.24, 2.45) is 0 Å². The zero-order valence-electron chi connectivity index (χ0n) is 17.3. The highest BCUT2D eigenvalue weighted by molar-refractivity contribution is 6.17. The number of benzene rings is 3. The lowest BCUT2D eigenvalue weighted by atomic mass is 10.00. The summed E-state index contributed by atoms with van der Waals surface area (Å²) < 4.78 is 7.13. The summed E-state index contributed by atoms with van der Waals surface area (Å²) >= 11 is 0. The Hall–Kier alpha value is -3.66. The van der Waals surface area contributed by atoms with E-state index in [2.05, 4.69) is 4.57 Å². The Morgan fingerprint density at radius 2 is 1.47 bits per heavy atom. The molecule has 3 aromatic carbocycles. The Kier molecular flexibility index (Phi) is 5.23. The summed E-state index contributed by atoms with van der Waals surface area (Å²) in [6, 6.07) is 22.8. The molecule has 0 N–H and O–H groups in total. The van der Waals surface area contributed by atoms with Crippen LogP contribution in [0.4, 0.5) is 0 Å². The molecular weight excluding hydrogens is 374 g/mol. The molecule has 0 bridgehead atoms. The van der Waals surface area contributed by atoms with E-state index in [4.69, 9.17) is 4.74 Å². The fourth-order valence-electron chi connectivity index (χ4n) is 3.80. The van der Waals surface area contributed by atoms with Crippen molar-refractivity contribution >= 4 is 22.7 Å². The molecule has 1 heterocycles. The number of ketones is 1. The highest BCUT2D eigenvalue weighted by Crippen LogP contribution is 2.31. The molecule has 150 valence electrons. The average molecular weight is 397 g/mol. The third kappa shape index (κ3) is 3.41. The summed E-state index contributed by atoms with van der Waals surface area (Å²) in [5.74, 6) is -0.334. The first-order valence-corrected chi connectivity index (χ1v) is 10.00. The first kappa shape index (κ1) is 19.6. The lowest BCUT2D eigenvalue weighted by Crippen LogP contribution is -2.06. The van der Waals surface area contributed by atoms with Gasteiger partial charge in [-0.05, 0) is 51.1 Å². The van der Waals surface area contributed by atoms with Gasteiger partial charge in [-0.2, -0.15) is 0 Å². The SMILES string of the molecule is CCOC(=O)c1ccc(-n2c(C)c(C(=O)c3ccc(C)cc3)c3ccccc32)cc1. The van der Waals surface area contributed by atoms with Gasteiger partial charge in [0.15, 0.2) is 5.78 Å². The molecule has 4 rings (SSSR count).